The summed E-state index contributed by atoms with van der Waals surface area (Å²) in [5, 5.41) is 9.71. The quantitative estimate of drug-likeness (QED) is 0.222. The van der Waals surface area contributed by atoms with Crippen molar-refractivity contribution in [1.29, 1.82) is 0 Å². The first-order valence-corrected chi connectivity index (χ1v) is 4.94. The van der Waals surface area contributed by atoms with Crippen LogP contribution in [0, 0.1) is 0 Å². The van der Waals surface area contributed by atoms with Crippen molar-refractivity contribution >= 4 is 0 Å². The summed E-state index contributed by atoms with van der Waals surface area (Å²) in [6.45, 7) is 7.15. The molecule has 0 aromatic carbocycles. The summed E-state index contributed by atoms with van der Waals surface area (Å²) >= 11 is 0. The first-order valence-electron chi connectivity index (χ1n) is 4.94. The van der Waals surface area contributed by atoms with Crippen LogP contribution < -0.4 is 27.4 Å². The molecule has 0 amide bonds. The third-order valence-electron chi connectivity index (χ3n) is 1.60. The predicted octanol–water partition coefficient (Wildman–Crippen LogP) is -2.33. The first-order chi connectivity index (χ1) is 6.41. The van der Waals surface area contributed by atoms with Gasteiger partial charge in [0.25, 0.3) is 0 Å². The average Bonchev–Trinajstić information content (AvgIpc) is 2.16. The van der Waals surface area contributed by atoms with E-state index < -0.39 is 0 Å². The molecule has 6 heteroatoms. The molecule has 5 nitrogen and oxygen atoms in total. The summed E-state index contributed by atoms with van der Waals surface area (Å²) in [4.78, 5) is 0. The molecule has 0 aromatic heterocycles. The van der Waals surface area contributed by atoms with Crippen LogP contribution in [0.2, 0.25) is 0 Å². The Morgan fingerprint density at radius 2 is 0.857 bits per heavy atom. The van der Waals surface area contributed by atoms with Gasteiger partial charge in [-0.1, -0.05) is 0 Å². The van der Waals surface area contributed by atoms with Gasteiger partial charge in [-0.05, 0) is 0 Å². The molecule has 0 unspecified atom stereocenters. The van der Waals surface area contributed by atoms with Gasteiger partial charge in [0.15, 0.2) is 0 Å². The summed E-state index contributed by atoms with van der Waals surface area (Å²) in [5.41, 5.74) is 10.6. The van der Waals surface area contributed by atoms with Crippen molar-refractivity contribution < 1.29 is 17.1 Å². The van der Waals surface area contributed by atoms with Gasteiger partial charge in [-0.25, -0.2) is 0 Å². The Labute approximate surface area is 97.2 Å². The SMILES string of the molecule is NCCNCCNCCNCCN.[Cu+2]. The Bertz CT molecular complexity index is 83.8. The minimum Gasteiger partial charge on any atom is -0.329 e. The van der Waals surface area contributed by atoms with Crippen molar-refractivity contribution in [3.8, 4) is 0 Å². The van der Waals surface area contributed by atoms with Crippen LogP contribution in [-0.4, -0.2) is 52.4 Å². The molecule has 0 aromatic rings. The Kier molecular flexibility index (Phi) is 18.9. The summed E-state index contributed by atoms with van der Waals surface area (Å²) in [5.74, 6) is 0. The number of nitrogens with two attached hydrogens (primary N) is 2. The van der Waals surface area contributed by atoms with Gasteiger partial charge in [0.2, 0.25) is 0 Å². The molecule has 0 saturated carbocycles. The molecular weight excluding hydrogens is 230 g/mol. The summed E-state index contributed by atoms with van der Waals surface area (Å²) in [6.07, 6.45) is 0. The van der Waals surface area contributed by atoms with Gasteiger partial charge >= 0.3 is 17.1 Å². The maximum Gasteiger partial charge on any atom is 2.00 e. The van der Waals surface area contributed by atoms with Crippen LogP contribution in [0.5, 0.6) is 0 Å². The Morgan fingerprint density at radius 1 is 0.571 bits per heavy atom. The van der Waals surface area contributed by atoms with Gasteiger partial charge in [-0.2, -0.15) is 0 Å². The van der Waals surface area contributed by atoms with Crippen LogP contribution in [0.15, 0.2) is 0 Å². The van der Waals surface area contributed by atoms with Crippen molar-refractivity contribution in [2.24, 2.45) is 11.5 Å². The third kappa shape index (κ3) is 14.8. The van der Waals surface area contributed by atoms with E-state index in [1.54, 1.807) is 0 Å². The Hall–Kier alpha value is 0.319. The maximum absolute atomic E-state index is 5.32. The molecule has 0 fully saturated rings. The summed E-state index contributed by atoms with van der Waals surface area (Å²) < 4.78 is 0. The van der Waals surface area contributed by atoms with Crippen LogP contribution in [0.4, 0.5) is 0 Å². The number of hydrogen-bond acceptors (Lipinski definition) is 5. The molecule has 1 radical (unpaired) electrons. The molecule has 7 N–H and O–H groups in total. The molecule has 0 rings (SSSR count). The van der Waals surface area contributed by atoms with Crippen molar-refractivity contribution in [2.75, 3.05) is 52.4 Å². The summed E-state index contributed by atoms with van der Waals surface area (Å²) in [7, 11) is 0. The topological polar surface area (TPSA) is 88.1 Å². The van der Waals surface area contributed by atoms with Crippen LogP contribution in [0.3, 0.4) is 0 Å². The van der Waals surface area contributed by atoms with Gasteiger partial charge in [-0.15, -0.1) is 0 Å². The average molecular weight is 253 g/mol. The van der Waals surface area contributed by atoms with Gasteiger partial charge in [0, 0.05) is 52.4 Å². The number of hydrogen-bond donors (Lipinski definition) is 5. The second-order valence-electron chi connectivity index (χ2n) is 2.83. The smallest absolute Gasteiger partial charge is 0.329 e. The van der Waals surface area contributed by atoms with Crippen LogP contribution in [0.1, 0.15) is 0 Å². The minimum absolute atomic E-state index is 0. The molecule has 0 atom stereocenters. The predicted molar refractivity (Wildman–Crippen MR) is 56.7 cm³/mol. The molecular formula is C8H23CuN5+2. The fourth-order valence-electron chi connectivity index (χ4n) is 0.933. The molecule has 0 heterocycles. The minimum atomic E-state index is 0. The molecule has 0 aliphatic heterocycles. The van der Waals surface area contributed by atoms with E-state index >= 15 is 0 Å². The van der Waals surface area contributed by atoms with E-state index in [1.165, 1.54) is 0 Å². The second kappa shape index (κ2) is 15.8. The van der Waals surface area contributed by atoms with Gasteiger partial charge < -0.3 is 27.4 Å². The molecule has 0 saturated heterocycles. The second-order valence-corrected chi connectivity index (χ2v) is 2.83. The van der Waals surface area contributed by atoms with Gasteiger partial charge in [0.1, 0.15) is 0 Å². The van der Waals surface area contributed by atoms with E-state index in [2.05, 4.69) is 16.0 Å². The van der Waals surface area contributed by atoms with Crippen LogP contribution >= 0.6 is 0 Å². The van der Waals surface area contributed by atoms with Gasteiger partial charge in [-0.3, -0.25) is 0 Å². The van der Waals surface area contributed by atoms with Gasteiger partial charge in [0.05, 0.1) is 0 Å². The Morgan fingerprint density at radius 3 is 1.14 bits per heavy atom. The fraction of sp³-hybridized carbons (Fsp3) is 1.00. The van der Waals surface area contributed by atoms with Crippen LogP contribution in [0.25, 0.3) is 0 Å². The zero-order valence-corrected chi connectivity index (χ0v) is 9.55. The van der Waals surface area contributed by atoms with Crippen molar-refractivity contribution in [2.45, 2.75) is 0 Å². The Balaban J connectivity index is 0. The summed E-state index contributed by atoms with van der Waals surface area (Å²) in [6, 6.07) is 0. The van der Waals surface area contributed by atoms with E-state index in [9.17, 15) is 0 Å². The van der Waals surface area contributed by atoms with E-state index in [4.69, 9.17) is 11.5 Å². The molecule has 14 heavy (non-hydrogen) atoms. The monoisotopic (exact) mass is 252 g/mol. The van der Waals surface area contributed by atoms with Crippen molar-refractivity contribution in [3.63, 3.8) is 0 Å². The fourth-order valence-corrected chi connectivity index (χ4v) is 0.933. The van der Waals surface area contributed by atoms with Crippen LogP contribution in [-0.2, 0) is 17.1 Å². The number of nitrogens with one attached hydrogen (secondary N) is 3. The van der Waals surface area contributed by atoms with E-state index in [1.807, 2.05) is 0 Å². The standard InChI is InChI=1S/C8H23N5.Cu/c9-1-3-11-5-7-13-8-6-12-4-2-10;/h11-13H,1-10H2;/q;+2. The number of rotatable bonds is 10. The normalized spacial score (nSPS) is 9.86. The molecule has 0 bridgehead atoms. The zero-order valence-electron chi connectivity index (χ0n) is 8.61. The largest absolute Gasteiger partial charge is 2.00 e. The van der Waals surface area contributed by atoms with Crippen molar-refractivity contribution in [3.05, 3.63) is 0 Å². The zero-order chi connectivity index (χ0) is 9.78. The maximum atomic E-state index is 5.32. The van der Waals surface area contributed by atoms with E-state index in [0.29, 0.717) is 13.1 Å². The van der Waals surface area contributed by atoms with E-state index in [-0.39, 0.29) is 17.1 Å². The molecule has 0 aliphatic carbocycles. The molecule has 0 aliphatic rings. The molecule has 0 spiro atoms. The van der Waals surface area contributed by atoms with Crippen molar-refractivity contribution in [1.82, 2.24) is 16.0 Å². The van der Waals surface area contributed by atoms with E-state index in [0.717, 1.165) is 39.3 Å². The third-order valence-corrected chi connectivity index (χ3v) is 1.60. The first kappa shape index (κ1) is 16.7. The molecule has 89 valence electrons.